The fourth-order valence-corrected chi connectivity index (χ4v) is 1.83. The summed E-state index contributed by atoms with van der Waals surface area (Å²) in [6.07, 6.45) is -0.579. The van der Waals surface area contributed by atoms with Crippen molar-refractivity contribution in [3.05, 3.63) is 65.7 Å². The monoisotopic (exact) mass is 293 g/mol. The summed E-state index contributed by atoms with van der Waals surface area (Å²) < 4.78 is 5.73. The maximum Gasteiger partial charge on any atom is 0.120 e. The predicted octanol–water partition coefficient (Wildman–Crippen LogP) is 3.07. The Morgan fingerprint density at radius 3 is 2.45 bits per heavy atom. The smallest absolute Gasteiger partial charge is 0.120 e. The number of halogens is 1. The Labute approximate surface area is 125 Å². The SMILES string of the molecule is C[C@@H](O)[C@@H](N)c1cccc(OCc2ccccc2)c1.Cl. The van der Waals surface area contributed by atoms with Gasteiger partial charge in [-0.05, 0) is 30.2 Å². The third kappa shape index (κ3) is 4.53. The highest BCUT2D eigenvalue weighted by Crippen LogP contribution is 2.20. The first-order chi connectivity index (χ1) is 9.16. The minimum absolute atomic E-state index is 0. The van der Waals surface area contributed by atoms with E-state index in [0.717, 1.165) is 16.9 Å². The molecule has 2 aromatic rings. The average Bonchev–Trinajstić information content (AvgIpc) is 2.45. The molecule has 0 aromatic heterocycles. The number of aliphatic hydroxyl groups excluding tert-OH is 1. The van der Waals surface area contributed by atoms with Gasteiger partial charge in [0.05, 0.1) is 12.1 Å². The molecule has 0 amide bonds. The summed E-state index contributed by atoms with van der Waals surface area (Å²) in [6.45, 7) is 2.20. The van der Waals surface area contributed by atoms with Crippen LogP contribution in [0.3, 0.4) is 0 Å². The summed E-state index contributed by atoms with van der Waals surface area (Å²) in [5.74, 6) is 0.762. The topological polar surface area (TPSA) is 55.5 Å². The van der Waals surface area contributed by atoms with E-state index in [1.54, 1.807) is 6.92 Å². The Morgan fingerprint density at radius 2 is 1.80 bits per heavy atom. The first-order valence-electron chi connectivity index (χ1n) is 6.37. The zero-order chi connectivity index (χ0) is 13.7. The highest BCUT2D eigenvalue weighted by atomic mass is 35.5. The van der Waals surface area contributed by atoms with E-state index in [0.29, 0.717) is 6.61 Å². The fraction of sp³-hybridized carbons (Fsp3) is 0.250. The van der Waals surface area contributed by atoms with Gasteiger partial charge in [0.25, 0.3) is 0 Å². The number of nitrogens with two attached hydrogens (primary N) is 1. The van der Waals surface area contributed by atoms with E-state index in [2.05, 4.69) is 0 Å². The maximum atomic E-state index is 9.51. The van der Waals surface area contributed by atoms with Gasteiger partial charge in [-0.25, -0.2) is 0 Å². The largest absolute Gasteiger partial charge is 0.489 e. The molecule has 3 nitrogen and oxygen atoms in total. The molecule has 0 aliphatic heterocycles. The van der Waals surface area contributed by atoms with Gasteiger partial charge in [0, 0.05) is 0 Å². The van der Waals surface area contributed by atoms with E-state index in [9.17, 15) is 5.11 Å². The third-order valence-corrected chi connectivity index (χ3v) is 3.01. The molecule has 108 valence electrons. The second kappa shape index (κ2) is 7.90. The summed E-state index contributed by atoms with van der Waals surface area (Å²) in [6, 6.07) is 17.1. The highest BCUT2D eigenvalue weighted by molar-refractivity contribution is 5.85. The number of benzene rings is 2. The van der Waals surface area contributed by atoms with Crippen molar-refractivity contribution < 1.29 is 9.84 Å². The van der Waals surface area contributed by atoms with E-state index in [1.165, 1.54) is 0 Å². The quantitative estimate of drug-likeness (QED) is 0.891. The lowest BCUT2D eigenvalue weighted by atomic mass is 10.0. The Bertz CT molecular complexity index is 517. The van der Waals surface area contributed by atoms with Crippen LogP contribution in [-0.2, 0) is 6.61 Å². The number of aliphatic hydroxyl groups is 1. The fourth-order valence-electron chi connectivity index (χ4n) is 1.83. The lowest BCUT2D eigenvalue weighted by molar-refractivity contribution is 0.164. The van der Waals surface area contributed by atoms with Gasteiger partial charge in [-0.3, -0.25) is 0 Å². The molecule has 0 bridgehead atoms. The van der Waals surface area contributed by atoms with Crippen molar-refractivity contribution in [3.8, 4) is 5.75 Å². The molecule has 20 heavy (non-hydrogen) atoms. The van der Waals surface area contributed by atoms with Crippen LogP contribution in [0.15, 0.2) is 54.6 Å². The predicted molar refractivity (Wildman–Crippen MR) is 83.1 cm³/mol. The number of ether oxygens (including phenoxy) is 1. The zero-order valence-corrected chi connectivity index (χ0v) is 12.2. The molecule has 2 aromatic carbocycles. The van der Waals surface area contributed by atoms with Crippen molar-refractivity contribution in [2.24, 2.45) is 5.73 Å². The second-order valence-corrected chi connectivity index (χ2v) is 4.61. The summed E-state index contributed by atoms with van der Waals surface area (Å²) >= 11 is 0. The van der Waals surface area contributed by atoms with Gasteiger partial charge in [-0.1, -0.05) is 42.5 Å². The molecular formula is C16H20ClNO2. The van der Waals surface area contributed by atoms with E-state index >= 15 is 0 Å². The number of hydrogen-bond donors (Lipinski definition) is 2. The molecule has 0 heterocycles. The average molecular weight is 294 g/mol. The van der Waals surface area contributed by atoms with Crippen molar-refractivity contribution in [1.82, 2.24) is 0 Å². The lowest BCUT2D eigenvalue weighted by Crippen LogP contribution is -2.23. The first-order valence-corrected chi connectivity index (χ1v) is 6.37. The van der Waals surface area contributed by atoms with Crippen molar-refractivity contribution in [3.63, 3.8) is 0 Å². The van der Waals surface area contributed by atoms with Gasteiger partial charge in [0.1, 0.15) is 12.4 Å². The van der Waals surface area contributed by atoms with Gasteiger partial charge in [-0.2, -0.15) is 0 Å². The minimum Gasteiger partial charge on any atom is -0.489 e. The van der Waals surface area contributed by atoms with Crippen LogP contribution in [0, 0.1) is 0 Å². The van der Waals surface area contributed by atoms with Crippen LogP contribution in [0.25, 0.3) is 0 Å². The summed E-state index contributed by atoms with van der Waals surface area (Å²) in [4.78, 5) is 0. The molecule has 2 rings (SSSR count). The van der Waals surface area contributed by atoms with Crippen LogP contribution in [-0.4, -0.2) is 11.2 Å². The molecule has 0 spiro atoms. The van der Waals surface area contributed by atoms with Gasteiger partial charge in [-0.15, -0.1) is 12.4 Å². The van der Waals surface area contributed by atoms with Gasteiger partial charge < -0.3 is 15.6 Å². The Balaban J connectivity index is 0.00000200. The van der Waals surface area contributed by atoms with Crippen molar-refractivity contribution in [2.75, 3.05) is 0 Å². The minimum atomic E-state index is -0.579. The molecule has 0 fully saturated rings. The number of rotatable bonds is 5. The Hall–Kier alpha value is -1.55. The molecule has 0 saturated heterocycles. The molecule has 0 aliphatic rings. The normalized spacial score (nSPS) is 13.2. The van der Waals surface area contributed by atoms with Crippen LogP contribution >= 0.6 is 12.4 Å². The van der Waals surface area contributed by atoms with Crippen molar-refractivity contribution in [1.29, 1.82) is 0 Å². The summed E-state index contributed by atoms with van der Waals surface area (Å²) in [5, 5.41) is 9.51. The van der Waals surface area contributed by atoms with Crippen LogP contribution in [0.2, 0.25) is 0 Å². The molecule has 4 heteroatoms. The molecule has 0 aliphatic carbocycles. The molecule has 0 radical (unpaired) electrons. The van der Waals surface area contributed by atoms with E-state index in [4.69, 9.17) is 10.5 Å². The lowest BCUT2D eigenvalue weighted by Gasteiger charge is -2.16. The Morgan fingerprint density at radius 1 is 1.10 bits per heavy atom. The summed E-state index contributed by atoms with van der Waals surface area (Å²) in [5.41, 5.74) is 7.90. The summed E-state index contributed by atoms with van der Waals surface area (Å²) in [7, 11) is 0. The second-order valence-electron chi connectivity index (χ2n) is 4.61. The third-order valence-electron chi connectivity index (χ3n) is 3.01. The zero-order valence-electron chi connectivity index (χ0n) is 11.4. The molecule has 2 atom stereocenters. The van der Waals surface area contributed by atoms with E-state index < -0.39 is 6.10 Å². The van der Waals surface area contributed by atoms with E-state index in [-0.39, 0.29) is 18.4 Å². The van der Waals surface area contributed by atoms with Crippen LogP contribution in [0.4, 0.5) is 0 Å². The van der Waals surface area contributed by atoms with Crippen molar-refractivity contribution >= 4 is 12.4 Å². The van der Waals surface area contributed by atoms with Gasteiger partial charge >= 0.3 is 0 Å². The van der Waals surface area contributed by atoms with Gasteiger partial charge in [0.15, 0.2) is 0 Å². The van der Waals surface area contributed by atoms with Crippen LogP contribution in [0.5, 0.6) is 5.75 Å². The van der Waals surface area contributed by atoms with Gasteiger partial charge in [0.2, 0.25) is 0 Å². The molecule has 3 N–H and O–H groups in total. The standard InChI is InChI=1S/C16H19NO2.ClH/c1-12(18)16(17)14-8-5-9-15(10-14)19-11-13-6-3-2-4-7-13;/h2-10,12,16,18H,11,17H2,1H3;1H/t12-,16-;/m1./s1. The maximum absolute atomic E-state index is 9.51. The first kappa shape index (κ1) is 16.5. The van der Waals surface area contributed by atoms with Crippen molar-refractivity contribution in [2.45, 2.75) is 25.7 Å². The molecular weight excluding hydrogens is 274 g/mol. The van der Waals surface area contributed by atoms with E-state index in [1.807, 2.05) is 54.6 Å². The molecule has 0 unspecified atom stereocenters. The molecule has 0 saturated carbocycles. The van der Waals surface area contributed by atoms with Crippen LogP contribution < -0.4 is 10.5 Å². The number of hydrogen-bond acceptors (Lipinski definition) is 3. The highest BCUT2D eigenvalue weighted by Gasteiger charge is 2.12. The Kier molecular flexibility index (Phi) is 6.52. The van der Waals surface area contributed by atoms with Crippen LogP contribution in [0.1, 0.15) is 24.1 Å².